The van der Waals surface area contributed by atoms with Crippen LogP contribution in [-0.4, -0.2) is 12.1 Å². The Morgan fingerprint density at radius 1 is 1.21 bits per heavy atom. The van der Waals surface area contributed by atoms with Crippen molar-refractivity contribution in [3.05, 3.63) is 59.4 Å². The number of nitrogens with zero attached hydrogens (tertiary/aromatic N) is 1. The molecule has 1 aromatic carbocycles. The smallest absolute Gasteiger partial charge is 0.141 e. The van der Waals surface area contributed by atoms with Crippen LogP contribution in [-0.2, 0) is 0 Å². The Morgan fingerprint density at radius 2 is 1.95 bits per heavy atom. The topological polar surface area (TPSA) is 60.2 Å². The van der Waals surface area contributed by atoms with Gasteiger partial charge in [0.05, 0.1) is 25.0 Å². The van der Waals surface area contributed by atoms with Gasteiger partial charge in [0, 0.05) is 5.56 Å². The molecule has 4 nitrogen and oxygen atoms in total. The van der Waals surface area contributed by atoms with Crippen molar-refractivity contribution in [2.24, 2.45) is 5.84 Å². The molecule has 0 fully saturated rings. The largest absolute Gasteiger partial charge is 0.496 e. The lowest BCUT2D eigenvalue weighted by atomic mass is 10.0. The molecule has 0 aliphatic heterocycles. The van der Waals surface area contributed by atoms with E-state index in [-0.39, 0.29) is 0 Å². The second-order valence-corrected chi connectivity index (χ2v) is 3.89. The number of methoxy groups -OCH3 is 1. The first kappa shape index (κ1) is 13.4. The molecule has 0 aliphatic rings. The van der Waals surface area contributed by atoms with Gasteiger partial charge in [0.15, 0.2) is 0 Å². The highest BCUT2D eigenvalue weighted by molar-refractivity contribution is 5.40. The minimum atomic E-state index is -0.591. The number of halogens is 2. The van der Waals surface area contributed by atoms with Crippen LogP contribution >= 0.6 is 0 Å². The van der Waals surface area contributed by atoms with Crippen LogP contribution in [0.25, 0.3) is 0 Å². The van der Waals surface area contributed by atoms with Crippen molar-refractivity contribution in [2.45, 2.75) is 6.04 Å². The zero-order chi connectivity index (χ0) is 13.8. The molecule has 19 heavy (non-hydrogen) atoms. The molecule has 2 rings (SSSR count). The number of hydrazine groups is 1. The van der Waals surface area contributed by atoms with Crippen LogP contribution in [0.2, 0.25) is 0 Å². The van der Waals surface area contributed by atoms with Gasteiger partial charge in [-0.05, 0) is 30.3 Å². The lowest BCUT2D eigenvalue weighted by Gasteiger charge is -2.18. The van der Waals surface area contributed by atoms with Gasteiger partial charge >= 0.3 is 0 Å². The van der Waals surface area contributed by atoms with Gasteiger partial charge in [-0.25, -0.2) is 14.2 Å². The van der Waals surface area contributed by atoms with E-state index >= 15 is 0 Å². The van der Waals surface area contributed by atoms with Crippen molar-refractivity contribution in [3.8, 4) is 5.75 Å². The zero-order valence-electron chi connectivity index (χ0n) is 10.2. The molecule has 100 valence electrons. The van der Waals surface area contributed by atoms with Crippen LogP contribution in [0.15, 0.2) is 36.5 Å². The van der Waals surface area contributed by atoms with Crippen LogP contribution in [0.4, 0.5) is 8.78 Å². The maximum Gasteiger partial charge on any atom is 0.141 e. The minimum Gasteiger partial charge on any atom is -0.496 e. The fraction of sp³-hybridized carbons (Fsp3) is 0.154. The highest BCUT2D eigenvalue weighted by atomic mass is 19.1. The Balaban J connectivity index is 2.47. The van der Waals surface area contributed by atoms with E-state index in [0.29, 0.717) is 17.0 Å². The first-order chi connectivity index (χ1) is 9.15. The summed E-state index contributed by atoms with van der Waals surface area (Å²) in [4.78, 5) is 3.94. The molecule has 0 radical (unpaired) electrons. The van der Waals surface area contributed by atoms with E-state index in [2.05, 4.69) is 10.4 Å². The summed E-state index contributed by atoms with van der Waals surface area (Å²) in [6, 6.07) is 6.23. The van der Waals surface area contributed by atoms with Crippen LogP contribution in [0.3, 0.4) is 0 Å². The molecule has 0 aliphatic carbocycles. The lowest BCUT2D eigenvalue weighted by Crippen LogP contribution is -2.30. The molecule has 0 saturated heterocycles. The lowest BCUT2D eigenvalue weighted by molar-refractivity contribution is 0.402. The fourth-order valence-corrected chi connectivity index (χ4v) is 1.82. The van der Waals surface area contributed by atoms with Crippen LogP contribution in [0, 0.1) is 11.6 Å². The van der Waals surface area contributed by atoms with Gasteiger partial charge in [0.25, 0.3) is 0 Å². The molecule has 1 aromatic heterocycles. The van der Waals surface area contributed by atoms with Crippen molar-refractivity contribution in [1.29, 1.82) is 0 Å². The van der Waals surface area contributed by atoms with Gasteiger partial charge in [-0.1, -0.05) is 0 Å². The number of hydrogen-bond donors (Lipinski definition) is 2. The van der Waals surface area contributed by atoms with Gasteiger partial charge in [-0.15, -0.1) is 0 Å². The normalized spacial score (nSPS) is 12.2. The summed E-state index contributed by atoms with van der Waals surface area (Å²) < 4.78 is 31.4. The van der Waals surface area contributed by atoms with Gasteiger partial charge in [0.1, 0.15) is 17.4 Å². The number of hydrogen-bond acceptors (Lipinski definition) is 4. The highest BCUT2D eigenvalue weighted by Crippen LogP contribution is 2.29. The molecular formula is C13H13F2N3O. The highest BCUT2D eigenvalue weighted by Gasteiger charge is 2.19. The average Bonchev–Trinajstić information content (AvgIpc) is 2.42. The summed E-state index contributed by atoms with van der Waals surface area (Å²) in [6.45, 7) is 0. The molecule has 0 spiro atoms. The van der Waals surface area contributed by atoms with E-state index in [1.807, 2.05) is 0 Å². The van der Waals surface area contributed by atoms with E-state index in [4.69, 9.17) is 10.6 Å². The first-order valence-electron chi connectivity index (χ1n) is 5.56. The monoisotopic (exact) mass is 265 g/mol. The van der Waals surface area contributed by atoms with Crippen molar-refractivity contribution < 1.29 is 13.5 Å². The number of aromatic nitrogens is 1. The van der Waals surface area contributed by atoms with Crippen LogP contribution in [0.5, 0.6) is 5.75 Å². The quantitative estimate of drug-likeness (QED) is 0.655. The third-order valence-electron chi connectivity index (χ3n) is 2.72. The molecule has 1 atom stereocenters. The van der Waals surface area contributed by atoms with E-state index < -0.39 is 17.7 Å². The molecular weight excluding hydrogens is 252 g/mol. The summed E-state index contributed by atoms with van der Waals surface area (Å²) in [6.07, 6.45) is 1.07. The number of benzene rings is 1. The number of nitrogens with two attached hydrogens (primary N) is 1. The Bertz CT molecular complexity index is 560. The Morgan fingerprint density at radius 3 is 2.53 bits per heavy atom. The maximum atomic E-state index is 13.4. The molecule has 1 unspecified atom stereocenters. The van der Waals surface area contributed by atoms with Crippen molar-refractivity contribution in [2.75, 3.05) is 7.11 Å². The third kappa shape index (κ3) is 2.86. The molecule has 2 aromatic rings. The van der Waals surface area contributed by atoms with E-state index in [1.165, 1.54) is 37.4 Å². The number of nitrogens with one attached hydrogen (secondary N) is 1. The van der Waals surface area contributed by atoms with E-state index in [1.54, 1.807) is 0 Å². The number of ether oxygens (including phenoxy) is 1. The second-order valence-electron chi connectivity index (χ2n) is 3.89. The molecule has 0 bridgehead atoms. The standard InChI is InChI=1S/C13H13F2N3O/c1-19-12-5-3-8(14)6-10(12)13(18-16)11-4-2-9(15)7-17-11/h2-7,13,18H,16H2,1H3. The van der Waals surface area contributed by atoms with Crippen molar-refractivity contribution in [1.82, 2.24) is 10.4 Å². The minimum absolute atomic E-state index is 0.418. The second kappa shape index (κ2) is 5.73. The predicted molar refractivity (Wildman–Crippen MR) is 66.3 cm³/mol. The molecule has 0 amide bonds. The molecule has 6 heteroatoms. The van der Waals surface area contributed by atoms with E-state index in [0.717, 1.165) is 6.20 Å². The summed E-state index contributed by atoms with van der Waals surface area (Å²) in [5, 5.41) is 0. The third-order valence-corrected chi connectivity index (χ3v) is 2.72. The zero-order valence-corrected chi connectivity index (χ0v) is 10.2. The van der Waals surface area contributed by atoms with Crippen LogP contribution < -0.4 is 16.0 Å². The van der Waals surface area contributed by atoms with Gasteiger partial charge in [-0.3, -0.25) is 10.8 Å². The number of pyridine rings is 1. The van der Waals surface area contributed by atoms with Gasteiger partial charge < -0.3 is 4.74 Å². The summed E-state index contributed by atoms with van der Waals surface area (Å²) in [7, 11) is 1.47. The SMILES string of the molecule is COc1ccc(F)cc1C(NN)c1ccc(F)cn1. The Kier molecular flexibility index (Phi) is 4.03. The maximum absolute atomic E-state index is 13.4. The predicted octanol–water partition coefficient (Wildman–Crippen LogP) is 1.92. The van der Waals surface area contributed by atoms with E-state index in [9.17, 15) is 8.78 Å². The van der Waals surface area contributed by atoms with Crippen molar-refractivity contribution in [3.63, 3.8) is 0 Å². The summed E-state index contributed by atoms with van der Waals surface area (Å²) >= 11 is 0. The van der Waals surface area contributed by atoms with Gasteiger partial charge in [-0.2, -0.15) is 0 Å². The fourth-order valence-electron chi connectivity index (χ4n) is 1.82. The average molecular weight is 265 g/mol. The molecule has 1 heterocycles. The first-order valence-corrected chi connectivity index (χ1v) is 5.56. The molecule has 3 N–H and O–H groups in total. The number of rotatable bonds is 4. The molecule has 0 saturated carbocycles. The van der Waals surface area contributed by atoms with Crippen LogP contribution in [0.1, 0.15) is 17.3 Å². The summed E-state index contributed by atoms with van der Waals surface area (Å²) in [5.41, 5.74) is 3.48. The Hall–Kier alpha value is -2.05. The van der Waals surface area contributed by atoms with Crippen molar-refractivity contribution >= 4 is 0 Å². The van der Waals surface area contributed by atoms with Gasteiger partial charge in [0.2, 0.25) is 0 Å². The Labute approximate surface area is 109 Å². The summed E-state index contributed by atoms with van der Waals surface area (Å²) in [5.74, 6) is 5.08.